The first-order chi connectivity index (χ1) is 8.18. The summed E-state index contributed by atoms with van der Waals surface area (Å²) in [6.45, 7) is 5.88. The molecule has 4 heteroatoms. The van der Waals surface area contributed by atoms with E-state index < -0.39 is 0 Å². The number of hydrogen-bond donors (Lipinski definition) is 1. The molecule has 3 nitrogen and oxygen atoms in total. The number of ether oxygens (including phenoxy) is 1. The van der Waals surface area contributed by atoms with Crippen LogP contribution in [-0.4, -0.2) is 23.4 Å². The van der Waals surface area contributed by atoms with Crippen LogP contribution >= 0.6 is 11.8 Å². The van der Waals surface area contributed by atoms with Crippen LogP contribution in [0.15, 0.2) is 6.20 Å². The van der Waals surface area contributed by atoms with Crippen LogP contribution in [-0.2, 0) is 10.5 Å². The molecule has 1 fully saturated rings. The summed E-state index contributed by atoms with van der Waals surface area (Å²) in [5, 5.41) is 0.715. The lowest BCUT2D eigenvalue weighted by Crippen LogP contribution is -2.17. The molecule has 94 valence electrons. The van der Waals surface area contributed by atoms with Crippen molar-refractivity contribution in [3.8, 4) is 0 Å². The molecule has 0 unspecified atom stereocenters. The Labute approximate surface area is 107 Å². The van der Waals surface area contributed by atoms with Crippen molar-refractivity contribution in [3.63, 3.8) is 0 Å². The maximum atomic E-state index is 6.02. The highest BCUT2D eigenvalue weighted by Gasteiger charge is 2.15. The van der Waals surface area contributed by atoms with Gasteiger partial charge >= 0.3 is 0 Å². The van der Waals surface area contributed by atoms with Crippen LogP contribution in [0.4, 0.5) is 5.69 Å². The van der Waals surface area contributed by atoms with E-state index >= 15 is 0 Å². The van der Waals surface area contributed by atoms with Crippen molar-refractivity contribution >= 4 is 17.4 Å². The van der Waals surface area contributed by atoms with Gasteiger partial charge in [0.1, 0.15) is 0 Å². The molecular formula is C13H20N2OS. The van der Waals surface area contributed by atoms with E-state index in [-0.39, 0.29) is 0 Å². The highest BCUT2D eigenvalue weighted by molar-refractivity contribution is 7.99. The molecule has 2 rings (SSSR count). The van der Waals surface area contributed by atoms with E-state index in [2.05, 4.69) is 11.9 Å². The Morgan fingerprint density at radius 2 is 2.12 bits per heavy atom. The summed E-state index contributed by atoms with van der Waals surface area (Å²) in [5.41, 5.74) is 10.3. The predicted molar refractivity (Wildman–Crippen MR) is 73.3 cm³/mol. The molecule has 2 N–H and O–H groups in total. The topological polar surface area (TPSA) is 48.1 Å². The maximum Gasteiger partial charge on any atom is 0.0552 e. The summed E-state index contributed by atoms with van der Waals surface area (Å²) in [5.74, 6) is 0.959. The van der Waals surface area contributed by atoms with E-state index in [1.165, 1.54) is 0 Å². The Kier molecular flexibility index (Phi) is 4.29. The molecule has 0 spiro atoms. The van der Waals surface area contributed by atoms with E-state index in [0.717, 1.165) is 54.3 Å². The molecule has 1 aliphatic heterocycles. The van der Waals surface area contributed by atoms with Gasteiger partial charge in [-0.15, -0.1) is 0 Å². The fraction of sp³-hybridized carbons (Fsp3) is 0.615. The minimum Gasteiger partial charge on any atom is -0.398 e. The highest BCUT2D eigenvalue weighted by Crippen LogP contribution is 2.27. The SMILES string of the molecule is Cc1cnc(CSC2CCOCC2)c(C)c1N. The normalized spacial score (nSPS) is 17.3. The number of nitrogens with two attached hydrogens (primary N) is 1. The molecule has 1 aromatic rings. The number of nitrogens with zero attached hydrogens (tertiary/aromatic N) is 1. The zero-order chi connectivity index (χ0) is 12.3. The second kappa shape index (κ2) is 5.74. The summed E-state index contributed by atoms with van der Waals surface area (Å²) in [7, 11) is 0. The summed E-state index contributed by atoms with van der Waals surface area (Å²) in [4.78, 5) is 4.49. The van der Waals surface area contributed by atoms with Gasteiger partial charge in [-0.2, -0.15) is 11.8 Å². The molecule has 0 aliphatic carbocycles. The Morgan fingerprint density at radius 1 is 1.41 bits per heavy atom. The monoisotopic (exact) mass is 252 g/mol. The van der Waals surface area contributed by atoms with Gasteiger partial charge in [0.25, 0.3) is 0 Å². The van der Waals surface area contributed by atoms with E-state index in [0.29, 0.717) is 5.25 Å². The largest absolute Gasteiger partial charge is 0.398 e. The number of hydrogen-bond acceptors (Lipinski definition) is 4. The van der Waals surface area contributed by atoms with Crippen molar-refractivity contribution in [1.82, 2.24) is 4.98 Å². The number of aromatic nitrogens is 1. The molecular weight excluding hydrogens is 232 g/mol. The summed E-state index contributed by atoms with van der Waals surface area (Å²) < 4.78 is 5.36. The van der Waals surface area contributed by atoms with E-state index in [1.54, 1.807) is 0 Å². The van der Waals surface area contributed by atoms with E-state index in [1.807, 2.05) is 24.9 Å². The van der Waals surface area contributed by atoms with Gasteiger partial charge in [-0.3, -0.25) is 4.98 Å². The van der Waals surface area contributed by atoms with Crippen LogP contribution in [0.2, 0.25) is 0 Å². The van der Waals surface area contributed by atoms with Crippen LogP contribution in [0.25, 0.3) is 0 Å². The Hall–Kier alpha value is -0.740. The first-order valence-corrected chi connectivity index (χ1v) is 7.13. The van der Waals surface area contributed by atoms with Crippen LogP contribution in [0.3, 0.4) is 0 Å². The van der Waals surface area contributed by atoms with Crippen LogP contribution in [0.5, 0.6) is 0 Å². The molecule has 0 atom stereocenters. The number of nitrogen functional groups attached to an aromatic ring is 1. The van der Waals surface area contributed by atoms with Crippen molar-refractivity contribution < 1.29 is 4.74 Å². The third-order valence-corrected chi connectivity index (χ3v) is 4.68. The summed E-state index contributed by atoms with van der Waals surface area (Å²) >= 11 is 1.98. The van der Waals surface area contributed by atoms with Crippen molar-refractivity contribution in [2.45, 2.75) is 37.7 Å². The van der Waals surface area contributed by atoms with Crippen molar-refractivity contribution in [2.24, 2.45) is 0 Å². The predicted octanol–water partition coefficient (Wildman–Crippen LogP) is 2.69. The summed E-state index contributed by atoms with van der Waals surface area (Å²) in [6, 6.07) is 0. The Balaban J connectivity index is 1.96. The van der Waals surface area contributed by atoms with E-state index in [9.17, 15) is 0 Å². The lowest BCUT2D eigenvalue weighted by molar-refractivity contribution is 0.1000. The smallest absolute Gasteiger partial charge is 0.0552 e. The lowest BCUT2D eigenvalue weighted by atomic mass is 10.1. The fourth-order valence-electron chi connectivity index (χ4n) is 1.98. The molecule has 0 radical (unpaired) electrons. The number of thioether (sulfide) groups is 1. The fourth-order valence-corrected chi connectivity index (χ4v) is 3.19. The van der Waals surface area contributed by atoms with Gasteiger partial charge in [0, 0.05) is 36.1 Å². The Bertz CT molecular complexity index is 389. The summed E-state index contributed by atoms with van der Waals surface area (Å²) in [6.07, 6.45) is 4.19. The lowest BCUT2D eigenvalue weighted by Gasteiger charge is -2.21. The number of pyridine rings is 1. The number of rotatable bonds is 3. The third kappa shape index (κ3) is 3.13. The molecule has 0 aromatic carbocycles. The second-order valence-corrected chi connectivity index (χ2v) is 5.84. The van der Waals surface area contributed by atoms with Crippen molar-refractivity contribution in [2.75, 3.05) is 18.9 Å². The van der Waals surface area contributed by atoms with Gasteiger partial charge in [-0.25, -0.2) is 0 Å². The first-order valence-electron chi connectivity index (χ1n) is 6.08. The zero-order valence-electron chi connectivity index (χ0n) is 10.5. The number of anilines is 1. The molecule has 1 aliphatic rings. The average Bonchev–Trinajstić information content (AvgIpc) is 2.36. The van der Waals surface area contributed by atoms with Crippen molar-refractivity contribution in [3.05, 3.63) is 23.0 Å². The average molecular weight is 252 g/mol. The highest BCUT2D eigenvalue weighted by atomic mass is 32.2. The van der Waals surface area contributed by atoms with Gasteiger partial charge < -0.3 is 10.5 Å². The number of aryl methyl sites for hydroxylation is 1. The van der Waals surface area contributed by atoms with Crippen LogP contribution in [0, 0.1) is 13.8 Å². The zero-order valence-corrected chi connectivity index (χ0v) is 11.3. The minimum atomic E-state index is 0.715. The quantitative estimate of drug-likeness (QED) is 0.898. The molecule has 0 bridgehead atoms. The van der Waals surface area contributed by atoms with Gasteiger partial charge in [-0.1, -0.05) is 0 Å². The molecule has 1 saturated heterocycles. The van der Waals surface area contributed by atoms with E-state index in [4.69, 9.17) is 10.5 Å². The Morgan fingerprint density at radius 3 is 2.82 bits per heavy atom. The van der Waals surface area contributed by atoms with Gasteiger partial charge in [0.15, 0.2) is 0 Å². The molecule has 2 heterocycles. The minimum absolute atomic E-state index is 0.715. The third-order valence-electron chi connectivity index (χ3n) is 3.30. The van der Waals surface area contributed by atoms with Crippen LogP contribution < -0.4 is 5.73 Å². The molecule has 0 amide bonds. The molecule has 1 aromatic heterocycles. The molecule has 0 saturated carbocycles. The first kappa shape index (κ1) is 12.7. The maximum absolute atomic E-state index is 6.02. The molecule has 17 heavy (non-hydrogen) atoms. The van der Waals surface area contributed by atoms with Gasteiger partial charge in [0.2, 0.25) is 0 Å². The second-order valence-electron chi connectivity index (χ2n) is 4.55. The van der Waals surface area contributed by atoms with Gasteiger partial charge in [0.05, 0.1) is 5.69 Å². The van der Waals surface area contributed by atoms with Crippen LogP contribution in [0.1, 0.15) is 29.7 Å². The standard InChI is InChI=1S/C13H20N2OS/c1-9-7-15-12(10(2)13(9)14)8-17-11-3-5-16-6-4-11/h7,11H,3-6,8H2,1-2H3,(H2,14,15). The van der Waals surface area contributed by atoms with Gasteiger partial charge in [-0.05, 0) is 37.8 Å². The van der Waals surface area contributed by atoms with Crippen molar-refractivity contribution in [1.29, 1.82) is 0 Å².